The van der Waals surface area contributed by atoms with Crippen molar-refractivity contribution in [3.8, 4) is 5.69 Å². The summed E-state index contributed by atoms with van der Waals surface area (Å²) in [6.45, 7) is 4.66. The van der Waals surface area contributed by atoms with Gasteiger partial charge in [-0.15, -0.1) is 0 Å². The lowest BCUT2D eigenvalue weighted by Gasteiger charge is -2.44. The third-order valence-electron chi connectivity index (χ3n) is 8.82. The molecule has 46 heavy (non-hydrogen) atoms. The van der Waals surface area contributed by atoms with E-state index in [1.165, 1.54) is 12.1 Å². The molecule has 0 spiro atoms. The van der Waals surface area contributed by atoms with E-state index in [2.05, 4.69) is 14.7 Å². The van der Waals surface area contributed by atoms with Crippen LogP contribution < -0.4 is 9.80 Å². The highest BCUT2D eigenvalue weighted by Crippen LogP contribution is 2.50. The van der Waals surface area contributed by atoms with Gasteiger partial charge < -0.3 is 14.7 Å². The van der Waals surface area contributed by atoms with Crippen molar-refractivity contribution >= 4 is 40.2 Å². The fraction of sp³-hybridized carbons (Fsp3) is 0.171. The van der Waals surface area contributed by atoms with E-state index in [1.807, 2.05) is 78.3 Å². The van der Waals surface area contributed by atoms with Gasteiger partial charge in [-0.25, -0.2) is 19.1 Å². The van der Waals surface area contributed by atoms with E-state index < -0.39 is 6.04 Å². The molecule has 1 aromatic heterocycles. The average molecular weight is 613 g/mol. The van der Waals surface area contributed by atoms with E-state index in [1.54, 1.807) is 24.3 Å². The van der Waals surface area contributed by atoms with E-state index in [4.69, 9.17) is 15.1 Å². The van der Waals surface area contributed by atoms with Crippen LogP contribution >= 0.6 is 0 Å². The number of nitro groups is 1. The zero-order valence-electron chi connectivity index (χ0n) is 25.0. The number of hydrogen-bond acceptors (Lipinski definition) is 8. The van der Waals surface area contributed by atoms with Gasteiger partial charge in [-0.05, 0) is 61.5 Å². The Hall–Kier alpha value is -5.84. The van der Waals surface area contributed by atoms with Crippen molar-refractivity contribution in [1.29, 1.82) is 0 Å². The van der Waals surface area contributed by atoms with Gasteiger partial charge in [0, 0.05) is 43.5 Å². The van der Waals surface area contributed by atoms with Crippen LogP contribution in [0.3, 0.4) is 0 Å². The second-order valence-electron chi connectivity index (χ2n) is 11.5. The number of piperazine rings is 1. The fourth-order valence-electron chi connectivity index (χ4n) is 6.67. The highest BCUT2D eigenvalue weighted by Gasteiger charge is 2.44. The summed E-state index contributed by atoms with van der Waals surface area (Å²) in [4.78, 5) is 29.1. The summed E-state index contributed by atoms with van der Waals surface area (Å²) >= 11 is 0. The number of anilines is 2. The molecule has 0 N–H and O–H groups in total. The van der Waals surface area contributed by atoms with Gasteiger partial charge in [0.2, 0.25) is 0 Å². The minimum Gasteiger partial charge on any atom is -0.368 e. The Morgan fingerprint density at radius 3 is 2.20 bits per heavy atom. The lowest BCUT2D eigenvalue weighted by Crippen LogP contribution is -2.55. The molecule has 228 valence electrons. The predicted octanol–water partition coefficient (Wildman–Crippen LogP) is 6.73. The second-order valence-corrected chi connectivity index (χ2v) is 11.5. The van der Waals surface area contributed by atoms with Crippen LogP contribution in [0.25, 0.3) is 5.69 Å². The quantitative estimate of drug-likeness (QED) is 0.165. The smallest absolute Gasteiger partial charge is 0.275 e. The maximum absolute atomic E-state index is 13.6. The lowest BCUT2D eigenvalue weighted by molar-refractivity contribution is -0.385. The Morgan fingerprint density at radius 2 is 1.43 bits per heavy atom. The van der Waals surface area contributed by atoms with E-state index >= 15 is 0 Å². The molecule has 0 bridgehead atoms. The van der Waals surface area contributed by atoms with Crippen LogP contribution in [0, 0.1) is 22.9 Å². The summed E-state index contributed by atoms with van der Waals surface area (Å²) in [6, 6.07) is 30.5. The molecule has 0 aliphatic carbocycles. The largest absolute Gasteiger partial charge is 0.368 e. The summed E-state index contributed by atoms with van der Waals surface area (Å²) in [5.74, 6) is 1.67. The molecule has 1 atom stereocenters. The van der Waals surface area contributed by atoms with Crippen LogP contribution in [0.5, 0.6) is 0 Å². The number of aryl methyl sites for hydroxylation is 1. The maximum Gasteiger partial charge on any atom is 0.275 e. The van der Waals surface area contributed by atoms with Crippen LogP contribution in [-0.4, -0.2) is 57.5 Å². The summed E-state index contributed by atoms with van der Waals surface area (Å²) < 4.78 is 15.4. The number of fused-ring (bicyclic) bond motifs is 4. The van der Waals surface area contributed by atoms with E-state index in [9.17, 15) is 14.5 Å². The molecule has 1 saturated heterocycles. The molecule has 11 heteroatoms. The van der Waals surface area contributed by atoms with Crippen molar-refractivity contribution in [2.24, 2.45) is 9.98 Å². The number of nitro benzene ring substituents is 1. The van der Waals surface area contributed by atoms with Crippen LogP contribution in [0.4, 0.5) is 33.0 Å². The van der Waals surface area contributed by atoms with E-state index in [-0.39, 0.29) is 16.4 Å². The zero-order valence-corrected chi connectivity index (χ0v) is 25.0. The molecule has 8 rings (SSSR count). The van der Waals surface area contributed by atoms with Crippen LogP contribution in [0.1, 0.15) is 22.9 Å². The first kappa shape index (κ1) is 27.7. The molecule has 4 heterocycles. The highest BCUT2D eigenvalue weighted by atomic mass is 19.1. The van der Waals surface area contributed by atoms with E-state index in [0.29, 0.717) is 49.2 Å². The minimum absolute atomic E-state index is 0.0287. The first-order valence-corrected chi connectivity index (χ1v) is 15.2. The van der Waals surface area contributed by atoms with Gasteiger partial charge in [0.15, 0.2) is 17.5 Å². The number of benzene rings is 4. The van der Waals surface area contributed by atoms with Gasteiger partial charge in [0.25, 0.3) is 5.69 Å². The maximum atomic E-state index is 13.6. The molecule has 1 fully saturated rings. The Balaban J connectivity index is 1.30. The minimum atomic E-state index is -0.589. The molecule has 0 saturated carbocycles. The van der Waals surface area contributed by atoms with Gasteiger partial charge in [-0.3, -0.25) is 10.1 Å². The predicted molar refractivity (Wildman–Crippen MR) is 177 cm³/mol. The van der Waals surface area contributed by atoms with Gasteiger partial charge in [0.1, 0.15) is 5.82 Å². The Kier molecular flexibility index (Phi) is 6.59. The number of amidine groups is 2. The standard InChI is InChI=1S/C35H29FN8O2/c1-23-31-32(27-11-5-7-13-29(27)44(45)46)42-30-14-8-6-12-28(30)37-34(35(42)38-33(31)43(39-23)26-9-3-2-4-10-26)41-21-19-40(20-22-41)25-17-15-24(36)16-18-25/h2-18,32H,19-22H2,1H3/t32-/m0/s1. The molecule has 10 nitrogen and oxygen atoms in total. The van der Waals surface area contributed by atoms with Crippen molar-refractivity contribution in [1.82, 2.24) is 14.7 Å². The van der Waals surface area contributed by atoms with Crippen molar-refractivity contribution < 1.29 is 9.31 Å². The summed E-state index contributed by atoms with van der Waals surface area (Å²) in [7, 11) is 0. The van der Waals surface area contributed by atoms with Crippen LogP contribution in [0.15, 0.2) is 113 Å². The second kappa shape index (κ2) is 11.0. The average Bonchev–Trinajstić information content (AvgIpc) is 3.43. The van der Waals surface area contributed by atoms with Gasteiger partial charge in [0.05, 0.1) is 39.3 Å². The first-order chi connectivity index (χ1) is 22.5. The Labute approximate surface area is 264 Å². The Morgan fingerprint density at radius 1 is 0.761 bits per heavy atom. The van der Waals surface area contributed by atoms with Gasteiger partial charge in [-0.1, -0.05) is 42.5 Å². The molecule has 0 radical (unpaired) electrons. The number of aliphatic imine (C=N–C) groups is 2. The number of para-hydroxylation sites is 4. The monoisotopic (exact) mass is 612 g/mol. The SMILES string of the molecule is Cc1nn(-c2ccccc2)c2c1[C@H](c1ccccc1[N+](=O)[O-])N1C(=N2)C(N2CCN(c3ccc(F)cc3)CC2)=Nc2ccccc21. The molecule has 3 aliphatic rings. The third kappa shape index (κ3) is 4.50. The fourth-order valence-corrected chi connectivity index (χ4v) is 6.67. The number of hydrogen-bond donors (Lipinski definition) is 0. The van der Waals surface area contributed by atoms with Gasteiger partial charge in [-0.2, -0.15) is 5.10 Å². The van der Waals surface area contributed by atoms with Crippen molar-refractivity contribution in [3.05, 3.63) is 136 Å². The third-order valence-corrected chi connectivity index (χ3v) is 8.82. The van der Waals surface area contributed by atoms with Crippen LogP contribution in [0.2, 0.25) is 0 Å². The zero-order chi connectivity index (χ0) is 31.4. The van der Waals surface area contributed by atoms with E-state index in [0.717, 1.165) is 34.0 Å². The molecule has 0 amide bonds. The van der Waals surface area contributed by atoms with Crippen molar-refractivity contribution in [2.45, 2.75) is 13.0 Å². The normalized spacial score (nSPS) is 17.1. The highest BCUT2D eigenvalue weighted by molar-refractivity contribution is 6.48. The molecule has 0 unspecified atom stereocenters. The van der Waals surface area contributed by atoms with Gasteiger partial charge >= 0.3 is 0 Å². The topological polar surface area (TPSA) is 95.4 Å². The Bertz CT molecular complexity index is 2030. The summed E-state index contributed by atoms with van der Waals surface area (Å²) in [6.07, 6.45) is 0. The summed E-state index contributed by atoms with van der Waals surface area (Å²) in [5.41, 5.74) is 5.51. The van der Waals surface area contributed by atoms with Crippen molar-refractivity contribution in [3.63, 3.8) is 0 Å². The molecular formula is C35H29FN8O2. The number of aromatic nitrogens is 2. The molecule has 4 aromatic carbocycles. The number of halogens is 1. The number of rotatable bonds is 4. The molecule has 5 aromatic rings. The van der Waals surface area contributed by atoms with Crippen molar-refractivity contribution in [2.75, 3.05) is 36.0 Å². The number of nitrogens with zero attached hydrogens (tertiary/aromatic N) is 8. The molecular weight excluding hydrogens is 583 g/mol. The lowest BCUT2D eigenvalue weighted by atomic mass is 9.92. The first-order valence-electron chi connectivity index (χ1n) is 15.2. The van der Waals surface area contributed by atoms with Crippen LogP contribution in [-0.2, 0) is 0 Å². The summed E-state index contributed by atoms with van der Waals surface area (Å²) in [5, 5.41) is 17.4. The molecule has 3 aliphatic heterocycles.